The Kier molecular flexibility index (Phi) is 4.57. The zero-order valence-electron chi connectivity index (χ0n) is 14.0. The summed E-state index contributed by atoms with van der Waals surface area (Å²) in [4.78, 5) is 7.30. The highest BCUT2D eigenvalue weighted by molar-refractivity contribution is 7.10. The third-order valence-electron chi connectivity index (χ3n) is 6.35. The number of rotatable bonds is 3. The number of hydrogen-bond acceptors (Lipinski definition) is 3. The highest BCUT2D eigenvalue weighted by Gasteiger charge is 2.42. The first-order valence-corrected chi connectivity index (χ1v) is 10.2. The average Bonchev–Trinajstić information content (AvgIpc) is 3.17. The van der Waals surface area contributed by atoms with Crippen molar-refractivity contribution in [2.45, 2.75) is 70.5 Å². The quantitative estimate of drug-likeness (QED) is 0.820. The van der Waals surface area contributed by atoms with Crippen molar-refractivity contribution in [3.05, 3.63) is 21.9 Å². The molecule has 2 atom stereocenters. The van der Waals surface area contributed by atoms with Gasteiger partial charge in [-0.2, -0.15) is 0 Å². The van der Waals surface area contributed by atoms with E-state index < -0.39 is 0 Å². The van der Waals surface area contributed by atoms with Crippen molar-refractivity contribution in [2.75, 3.05) is 19.6 Å². The first-order valence-electron chi connectivity index (χ1n) is 9.34. The molecule has 0 amide bonds. The van der Waals surface area contributed by atoms with Gasteiger partial charge in [0.05, 0.1) is 0 Å². The SMILES string of the molecule is Cc1ccsc1CN1CCN2CCC[C@@H]2[C@@H]1C1CCCCC1. The number of aryl methyl sites for hydroxylation is 1. The lowest BCUT2D eigenvalue weighted by molar-refractivity contribution is -0.00333. The molecule has 1 aliphatic carbocycles. The van der Waals surface area contributed by atoms with E-state index in [1.165, 1.54) is 76.7 Å². The molecule has 3 heterocycles. The van der Waals surface area contributed by atoms with Crippen LogP contribution in [0.2, 0.25) is 0 Å². The molecular weight excluding hydrogens is 288 g/mol. The maximum Gasteiger partial charge on any atom is 0.0334 e. The minimum Gasteiger partial charge on any atom is -0.298 e. The standard InChI is InChI=1S/C19H30N2S/c1-15-9-13-22-18(15)14-21-12-11-20-10-5-8-17(20)19(21)16-6-3-2-4-7-16/h9,13,16-17,19H,2-8,10-12,14H2,1H3/t17-,19+/m1/s1. The van der Waals surface area contributed by atoms with Gasteiger partial charge >= 0.3 is 0 Å². The summed E-state index contributed by atoms with van der Waals surface area (Å²) in [5.74, 6) is 0.958. The van der Waals surface area contributed by atoms with E-state index in [-0.39, 0.29) is 0 Å². The molecule has 1 saturated carbocycles. The van der Waals surface area contributed by atoms with E-state index in [1.807, 2.05) is 11.3 Å². The van der Waals surface area contributed by atoms with Crippen LogP contribution < -0.4 is 0 Å². The second-order valence-electron chi connectivity index (χ2n) is 7.63. The summed E-state index contributed by atoms with van der Waals surface area (Å²) >= 11 is 1.96. The minimum absolute atomic E-state index is 0.832. The molecule has 1 aromatic heterocycles. The second kappa shape index (κ2) is 6.62. The van der Waals surface area contributed by atoms with Crippen molar-refractivity contribution < 1.29 is 0 Å². The van der Waals surface area contributed by atoms with E-state index in [0.29, 0.717) is 0 Å². The van der Waals surface area contributed by atoms with Crippen molar-refractivity contribution in [1.82, 2.24) is 9.80 Å². The van der Waals surface area contributed by atoms with Crippen LogP contribution in [0.1, 0.15) is 55.4 Å². The Hall–Kier alpha value is -0.380. The van der Waals surface area contributed by atoms with Gasteiger partial charge in [0.15, 0.2) is 0 Å². The van der Waals surface area contributed by atoms with Crippen molar-refractivity contribution in [3.63, 3.8) is 0 Å². The molecule has 0 unspecified atom stereocenters. The maximum atomic E-state index is 2.88. The molecule has 122 valence electrons. The predicted molar refractivity (Wildman–Crippen MR) is 94.4 cm³/mol. The van der Waals surface area contributed by atoms with E-state index in [2.05, 4.69) is 28.2 Å². The minimum atomic E-state index is 0.832. The van der Waals surface area contributed by atoms with Crippen LogP contribution in [0.3, 0.4) is 0 Å². The molecule has 0 bridgehead atoms. The van der Waals surface area contributed by atoms with Crippen LogP contribution in [0, 0.1) is 12.8 Å². The van der Waals surface area contributed by atoms with Gasteiger partial charge in [-0.1, -0.05) is 19.3 Å². The molecule has 3 fully saturated rings. The summed E-state index contributed by atoms with van der Waals surface area (Å²) in [5, 5.41) is 2.27. The molecule has 2 nitrogen and oxygen atoms in total. The van der Waals surface area contributed by atoms with Gasteiger partial charge in [0, 0.05) is 36.6 Å². The van der Waals surface area contributed by atoms with Crippen molar-refractivity contribution in [1.29, 1.82) is 0 Å². The van der Waals surface area contributed by atoms with Crippen LogP contribution in [-0.2, 0) is 6.54 Å². The fourth-order valence-electron chi connectivity index (χ4n) is 5.19. The van der Waals surface area contributed by atoms with Gasteiger partial charge in [-0.05, 0) is 62.1 Å². The first kappa shape index (κ1) is 15.2. The zero-order chi connectivity index (χ0) is 14.9. The highest BCUT2D eigenvalue weighted by Crippen LogP contribution is 2.38. The molecule has 0 radical (unpaired) electrons. The van der Waals surface area contributed by atoms with Crippen LogP contribution in [0.15, 0.2) is 11.4 Å². The van der Waals surface area contributed by atoms with Gasteiger partial charge in [-0.3, -0.25) is 9.80 Å². The summed E-state index contributed by atoms with van der Waals surface area (Å²) < 4.78 is 0. The Balaban J connectivity index is 1.55. The molecule has 22 heavy (non-hydrogen) atoms. The average molecular weight is 319 g/mol. The Morgan fingerprint density at radius 2 is 1.91 bits per heavy atom. The summed E-state index contributed by atoms with van der Waals surface area (Å²) in [6.07, 6.45) is 10.3. The van der Waals surface area contributed by atoms with Crippen LogP contribution in [0.25, 0.3) is 0 Å². The highest BCUT2D eigenvalue weighted by atomic mass is 32.1. The Labute approximate surface area is 139 Å². The first-order chi connectivity index (χ1) is 10.8. The van der Waals surface area contributed by atoms with Gasteiger partial charge in [0.1, 0.15) is 0 Å². The van der Waals surface area contributed by atoms with Crippen LogP contribution in [0.4, 0.5) is 0 Å². The third-order valence-corrected chi connectivity index (χ3v) is 7.36. The lowest BCUT2D eigenvalue weighted by Crippen LogP contribution is -2.59. The molecule has 2 saturated heterocycles. The summed E-state index contributed by atoms with van der Waals surface area (Å²) in [6.45, 7) is 7.44. The maximum absolute atomic E-state index is 2.88. The molecule has 2 aliphatic heterocycles. The fourth-order valence-corrected chi connectivity index (χ4v) is 6.12. The van der Waals surface area contributed by atoms with Gasteiger partial charge in [-0.15, -0.1) is 11.3 Å². The van der Waals surface area contributed by atoms with Crippen LogP contribution in [0.5, 0.6) is 0 Å². The molecule has 0 aromatic carbocycles. The monoisotopic (exact) mass is 318 g/mol. The molecule has 3 aliphatic rings. The largest absolute Gasteiger partial charge is 0.298 e. The zero-order valence-corrected chi connectivity index (χ0v) is 14.8. The van der Waals surface area contributed by atoms with Gasteiger partial charge in [0.25, 0.3) is 0 Å². The molecule has 0 N–H and O–H groups in total. The topological polar surface area (TPSA) is 6.48 Å². The van der Waals surface area contributed by atoms with E-state index in [9.17, 15) is 0 Å². The number of piperazine rings is 1. The smallest absolute Gasteiger partial charge is 0.0334 e. The number of hydrogen-bond donors (Lipinski definition) is 0. The van der Waals surface area contributed by atoms with Gasteiger partial charge in [-0.25, -0.2) is 0 Å². The molecular formula is C19H30N2S. The van der Waals surface area contributed by atoms with Gasteiger partial charge < -0.3 is 0 Å². The van der Waals surface area contributed by atoms with Crippen molar-refractivity contribution in [3.8, 4) is 0 Å². The lowest BCUT2D eigenvalue weighted by Gasteiger charge is -2.49. The Morgan fingerprint density at radius 1 is 1.05 bits per heavy atom. The summed E-state index contributed by atoms with van der Waals surface area (Å²) in [6, 6.07) is 3.98. The Morgan fingerprint density at radius 3 is 2.68 bits per heavy atom. The molecule has 3 heteroatoms. The number of nitrogens with zero attached hydrogens (tertiary/aromatic N) is 2. The van der Waals surface area contributed by atoms with E-state index in [1.54, 1.807) is 4.88 Å². The van der Waals surface area contributed by atoms with E-state index in [0.717, 1.165) is 18.0 Å². The van der Waals surface area contributed by atoms with Crippen LogP contribution in [-0.4, -0.2) is 41.5 Å². The van der Waals surface area contributed by atoms with Crippen molar-refractivity contribution >= 4 is 11.3 Å². The molecule has 4 rings (SSSR count). The molecule has 1 aromatic rings. The molecule has 0 spiro atoms. The van der Waals surface area contributed by atoms with Crippen molar-refractivity contribution in [2.24, 2.45) is 5.92 Å². The van der Waals surface area contributed by atoms with E-state index in [4.69, 9.17) is 0 Å². The fraction of sp³-hybridized carbons (Fsp3) is 0.789. The lowest BCUT2D eigenvalue weighted by atomic mass is 9.78. The Bertz CT molecular complexity index is 491. The number of thiophene rings is 1. The third kappa shape index (κ3) is 2.88. The predicted octanol–water partition coefficient (Wildman–Crippen LogP) is 4.29. The summed E-state index contributed by atoms with van der Waals surface area (Å²) in [7, 11) is 0. The summed E-state index contributed by atoms with van der Waals surface area (Å²) in [5.41, 5.74) is 1.50. The van der Waals surface area contributed by atoms with E-state index >= 15 is 0 Å². The van der Waals surface area contributed by atoms with Gasteiger partial charge in [0.2, 0.25) is 0 Å². The van der Waals surface area contributed by atoms with Crippen LogP contribution >= 0.6 is 11.3 Å². The second-order valence-corrected chi connectivity index (χ2v) is 8.63. The normalized spacial score (nSPS) is 31.5. The number of fused-ring (bicyclic) bond motifs is 1.